The molecule has 0 bridgehead atoms. The third kappa shape index (κ3) is 4.95. The van der Waals surface area contributed by atoms with Crippen molar-refractivity contribution in [1.82, 2.24) is 5.32 Å². The van der Waals surface area contributed by atoms with E-state index in [4.69, 9.17) is 4.74 Å². The SMILES string of the molecule is CC(C)=CN/C=C/[C@@H](C)[C@H]1CCC2[C@@H]3CC=C4C[C@@H](OC(=O)c5ccccc5)CC[C@]4(C)[C@H]3CC[C@@]21C. The fraction of sp³-hybridized carbons (Fsp3) is 0.618. The van der Waals surface area contributed by atoms with E-state index in [1.54, 1.807) is 5.57 Å². The van der Waals surface area contributed by atoms with Crippen LogP contribution in [0.4, 0.5) is 0 Å². The highest BCUT2D eigenvalue weighted by Crippen LogP contribution is 2.67. The number of carbonyl (C=O) groups excluding carboxylic acids is 1. The molecule has 1 aromatic rings. The van der Waals surface area contributed by atoms with Crippen LogP contribution in [-0.4, -0.2) is 12.1 Å². The van der Waals surface area contributed by atoms with Gasteiger partial charge in [0.15, 0.2) is 0 Å². The molecule has 3 heteroatoms. The zero-order chi connectivity index (χ0) is 26.2. The van der Waals surface area contributed by atoms with Gasteiger partial charge in [0.2, 0.25) is 0 Å². The number of benzene rings is 1. The minimum atomic E-state index is -0.173. The van der Waals surface area contributed by atoms with Crippen molar-refractivity contribution in [1.29, 1.82) is 0 Å². The Balaban J connectivity index is 1.26. The molecular weight excluding hydrogens is 454 g/mol. The first-order valence-corrected chi connectivity index (χ1v) is 14.7. The highest BCUT2D eigenvalue weighted by atomic mass is 16.5. The Morgan fingerprint density at radius 1 is 1.05 bits per heavy atom. The Labute approximate surface area is 224 Å². The van der Waals surface area contributed by atoms with Crippen molar-refractivity contribution < 1.29 is 9.53 Å². The number of rotatable bonds is 6. The number of hydrogen-bond donors (Lipinski definition) is 1. The van der Waals surface area contributed by atoms with Gasteiger partial charge in [0.1, 0.15) is 6.10 Å². The number of ether oxygens (including phenoxy) is 1. The maximum absolute atomic E-state index is 12.7. The maximum atomic E-state index is 12.7. The Morgan fingerprint density at radius 2 is 1.84 bits per heavy atom. The molecule has 200 valence electrons. The summed E-state index contributed by atoms with van der Waals surface area (Å²) in [5.41, 5.74) is 4.26. The predicted octanol–water partition coefficient (Wildman–Crippen LogP) is 8.45. The molecule has 0 aliphatic heterocycles. The van der Waals surface area contributed by atoms with Gasteiger partial charge in [0.05, 0.1) is 5.56 Å². The molecule has 0 amide bonds. The minimum Gasteiger partial charge on any atom is -0.458 e. The quantitative estimate of drug-likeness (QED) is 0.314. The lowest BCUT2D eigenvalue weighted by atomic mass is 9.47. The number of carbonyl (C=O) groups is 1. The second-order valence-electron chi connectivity index (χ2n) is 13.2. The van der Waals surface area contributed by atoms with E-state index in [0.717, 1.165) is 42.9 Å². The van der Waals surface area contributed by atoms with Crippen LogP contribution in [0.25, 0.3) is 0 Å². The van der Waals surface area contributed by atoms with Crippen LogP contribution in [0, 0.1) is 40.4 Å². The summed E-state index contributed by atoms with van der Waals surface area (Å²) in [5.74, 6) is 3.62. The molecule has 0 spiro atoms. The first kappa shape index (κ1) is 26.3. The van der Waals surface area contributed by atoms with E-state index in [1.165, 1.54) is 37.7 Å². The van der Waals surface area contributed by atoms with E-state index in [1.807, 2.05) is 30.3 Å². The van der Waals surface area contributed by atoms with Gasteiger partial charge in [-0.2, -0.15) is 0 Å². The lowest BCUT2D eigenvalue weighted by Crippen LogP contribution is -2.51. The van der Waals surface area contributed by atoms with Crippen molar-refractivity contribution in [3.63, 3.8) is 0 Å². The third-order valence-electron chi connectivity index (χ3n) is 10.9. The van der Waals surface area contributed by atoms with Gasteiger partial charge >= 0.3 is 5.97 Å². The molecule has 8 atom stereocenters. The number of fused-ring (bicyclic) bond motifs is 5. The van der Waals surface area contributed by atoms with Crippen LogP contribution in [0.15, 0.2) is 66.0 Å². The average molecular weight is 502 g/mol. The second kappa shape index (κ2) is 10.5. The van der Waals surface area contributed by atoms with Crippen LogP contribution in [0.1, 0.15) is 96.3 Å². The number of allylic oxidation sites excluding steroid dienone is 3. The van der Waals surface area contributed by atoms with Gasteiger partial charge in [-0.25, -0.2) is 4.79 Å². The molecule has 0 heterocycles. The Bertz CT molecular complexity index is 1070. The Morgan fingerprint density at radius 3 is 2.59 bits per heavy atom. The van der Waals surface area contributed by atoms with E-state index in [0.29, 0.717) is 16.9 Å². The smallest absolute Gasteiger partial charge is 0.338 e. The van der Waals surface area contributed by atoms with Crippen molar-refractivity contribution in [2.75, 3.05) is 0 Å². The zero-order valence-electron chi connectivity index (χ0n) is 23.6. The Hall–Kier alpha value is -2.29. The molecule has 3 fully saturated rings. The summed E-state index contributed by atoms with van der Waals surface area (Å²) in [5, 5.41) is 3.35. The lowest BCUT2D eigenvalue weighted by molar-refractivity contribution is -0.0565. The van der Waals surface area contributed by atoms with Crippen LogP contribution in [-0.2, 0) is 4.74 Å². The van der Waals surface area contributed by atoms with E-state index < -0.39 is 0 Å². The van der Waals surface area contributed by atoms with Gasteiger partial charge in [-0.05, 0) is 124 Å². The van der Waals surface area contributed by atoms with Gasteiger partial charge in [-0.1, -0.05) is 62.3 Å². The molecule has 0 radical (unpaired) electrons. The standard InChI is InChI=1S/C34H47NO2/c1-23(2)22-35-20-17-24(3)29-13-14-30-28-12-11-26-21-27(37-32(36)25-9-7-6-8-10-25)15-18-33(26,4)31(28)16-19-34(29,30)5/h6-11,17,20,22,24,27-31,35H,12-16,18-19,21H2,1-5H3/b20-17+/t24-,27+,28+,29-,30?,31+,33+,34-/m1/s1. The molecule has 4 aliphatic carbocycles. The minimum absolute atomic E-state index is 0.0147. The monoisotopic (exact) mass is 501 g/mol. The van der Waals surface area contributed by atoms with Crippen molar-refractivity contribution in [3.8, 4) is 0 Å². The topological polar surface area (TPSA) is 38.3 Å². The van der Waals surface area contributed by atoms with Crippen molar-refractivity contribution >= 4 is 5.97 Å². The summed E-state index contributed by atoms with van der Waals surface area (Å²) in [7, 11) is 0. The Kier molecular flexibility index (Phi) is 7.44. The molecule has 1 aromatic carbocycles. The van der Waals surface area contributed by atoms with Crippen LogP contribution < -0.4 is 5.32 Å². The molecule has 37 heavy (non-hydrogen) atoms. The molecule has 3 saturated carbocycles. The molecular formula is C34H47NO2. The zero-order valence-corrected chi connectivity index (χ0v) is 23.6. The molecule has 0 aromatic heterocycles. The van der Waals surface area contributed by atoms with Crippen LogP contribution in [0.2, 0.25) is 0 Å². The number of hydrogen-bond acceptors (Lipinski definition) is 3. The predicted molar refractivity (Wildman–Crippen MR) is 152 cm³/mol. The summed E-state index contributed by atoms with van der Waals surface area (Å²) in [6.07, 6.45) is 19.0. The van der Waals surface area contributed by atoms with Crippen LogP contribution in [0.3, 0.4) is 0 Å². The van der Waals surface area contributed by atoms with Crippen LogP contribution >= 0.6 is 0 Å². The third-order valence-corrected chi connectivity index (χ3v) is 10.9. The largest absolute Gasteiger partial charge is 0.458 e. The van der Waals surface area contributed by atoms with Gasteiger partial charge in [-0.15, -0.1) is 0 Å². The molecule has 3 nitrogen and oxygen atoms in total. The lowest BCUT2D eigenvalue weighted by Gasteiger charge is -2.58. The maximum Gasteiger partial charge on any atom is 0.338 e. The van der Waals surface area contributed by atoms with Crippen molar-refractivity contribution in [3.05, 3.63) is 71.6 Å². The van der Waals surface area contributed by atoms with Crippen molar-refractivity contribution in [2.45, 2.75) is 92.1 Å². The molecule has 1 N–H and O–H groups in total. The first-order valence-electron chi connectivity index (χ1n) is 14.7. The van der Waals surface area contributed by atoms with E-state index >= 15 is 0 Å². The second-order valence-corrected chi connectivity index (χ2v) is 13.2. The first-order chi connectivity index (χ1) is 17.7. The van der Waals surface area contributed by atoms with Gasteiger partial charge < -0.3 is 10.1 Å². The fourth-order valence-corrected chi connectivity index (χ4v) is 8.98. The number of esters is 1. The summed E-state index contributed by atoms with van der Waals surface area (Å²) in [4.78, 5) is 12.7. The van der Waals surface area contributed by atoms with Gasteiger partial charge in [0, 0.05) is 6.42 Å². The highest BCUT2D eigenvalue weighted by Gasteiger charge is 2.59. The summed E-state index contributed by atoms with van der Waals surface area (Å²) < 4.78 is 5.99. The van der Waals surface area contributed by atoms with E-state index in [-0.39, 0.29) is 17.5 Å². The van der Waals surface area contributed by atoms with Gasteiger partial charge in [0.25, 0.3) is 0 Å². The summed E-state index contributed by atoms with van der Waals surface area (Å²) in [6, 6.07) is 9.45. The molecule has 1 unspecified atom stereocenters. The van der Waals surface area contributed by atoms with Crippen molar-refractivity contribution in [2.24, 2.45) is 40.4 Å². The van der Waals surface area contributed by atoms with Gasteiger partial charge in [-0.3, -0.25) is 0 Å². The van der Waals surface area contributed by atoms with E-state index in [2.05, 4.69) is 64.5 Å². The summed E-state index contributed by atoms with van der Waals surface area (Å²) in [6.45, 7) is 11.9. The normalized spacial score (nSPS) is 37.5. The molecule has 5 rings (SSSR count). The molecule has 0 saturated heterocycles. The molecule has 4 aliphatic rings. The average Bonchev–Trinajstić information content (AvgIpc) is 3.24. The van der Waals surface area contributed by atoms with E-state index in [9.17, 15) is 4.79 Å². The summed E-state index contributed by atoms with van der Waals surface area (Å²) >= 11 is 0. The highest BCUT2D eigenvalue weighted by molar-refractivity contribution is 5.89. The van der Waals surface area contributed by atoms with Crippen LogP contribution in [0.5, 0.6) is 0 Å². The fourth-order valence-electron chi connectivity index (χ4n) is 8.98. The number of nitrogens with one attached hydrogen (secondary N) is 1.